The Kier molecular flexibility index (Phi) is 5.28. The normalized spacial score (nSPS) is 11.8. The quantitative estimate of drug-likeness (QED) is 0.863. The Morgan fingerprint density at radius 2 is 1.87 bits per heavy atom. The summed E-state index contributed by atoms with van der Waals surface area (Å²) in [5.74, 6) is -0.386. The van der Waals surface area contributed by atoms with Gasteiger partial charge in [0, 0.05) is 9.90 Å². The summed E-state index contributed by atoms with van der Waals surface area (Å²) in [6.07, 6.45) is -0.736. The Morgan fingerprint density at radius 3 is 2.43 bits per heavy atom. The van der Waals surface area contributed by atoms with Gasteiger partial charge in [-0.1, -0.05) is 11.6 Å². The van der Waals surface area contributed by atoms with Crippen molar-refractivity contribution < 1.29 is 14.3 Å². The molecule has 0 saturated carbocycles. The number of anilines is 1. The monoisotopic (exact) mass is 352 g/mol. The lowest BCUT2D eigenvalue weighted by Gasteiger charge is -2.14. The van der Waals surface area contributed by atoms with Crippen LogP contribution in [0.4, 0.5) is 5.00 Å². The largest absolute Gasteiger partial charge is 0.481 e. The number of rotatable bonds is 5. The molecule has 23 heavy (non-hydrogen) atoms. The van der Waals surface area contributed by atoms with Crippen molar-refractivity contribution in [3.05, 3.63) is 45.3 Å². The Labute approximate surface area is 143 Å². The third-order valence-electron chi connectivity index (χ3n) is 3.36. The number of nitrogens with one attached hydrogen (secondary N) is 1. The van der Waals surface area contributed by atoms with Gasteiger partial charge in [0.2, 0.25) is 0 Å². The molecule has 0 fully saturated rings. The molecule has 7 heteroatoms. The van der Waals surface area contributed by atoms with Crippen molar-refractivity contribution in [1.29, 1.82) is 0 Å². The van der Waals surface area contributed by atoms with Crippen LogP contribution in [0.1, 0.15) is 27.7 Å². The zero-order chi connectivity index (χ0) is 17.1. The molecule has 0 aliphatic heterocycles. The summed E-state index contributed by atoms with van der Waals surface area (Å²) < 4.78 is 5.56. The van der Waals surface area contributed by atoms with Crippen LogP contribution in [0.15, 0.2) is 24.3 Å². The van der Waals surface area contributed by atoms with Crippen molar-refractivity contribution in [3.63, 3.8) is 0 Å². The van der Waals surface area contributed by atoms with E-state index in [0.717, 1.165) is 10.4 Å². The van der Waals surface area contributed by atoms with Gasteiger partial charge in [-0.2, -0.15) is 0 Å². The maximum absolute atomic E-state index is 12.3. The van der Waals surface area contributed by atoms with Crippen molar-refractivity contribution in [2.75, 3.05) is 5.32 Å². The summed E-state index contributed by atoms with van der Waals surface area (Å²) in [6.45, 7) is 5.30. The minimum absolute atomic E-state index is 0.347. The van der Waals surface area contributed by atoms with Gasteiger partial charge in [0.05, 0.1) is 5.56 Å². The topological polar surface area (TPSA) is 81.4 Å². The summed E-state index contributed by atoms with van der Waals surface area (Å²) in [6, 6.07) is 6.72. The maximum Gasteiger partial charge on any atom is 0.265 e. The van der Waals surface area contributed by atoms with Gasteiger partial charge >= 0.3 is 0 Å². The van der Waals surface area contributed by atoms with Gasteiger partial charge in [-0.05, 0) is 50.6 Å². The highest BCUT2D eigenvalue weighted by Crippen LogP contribution is 2.32. The van der Waals surface area contributed by atoms with Crippen LogP contribution in [0, 0.1) is 13.8 Å². The van der Waals surface area contributed by atoms with Crippen LogP contribution in [-0.2, 0) is 4.79 Å². The van der Waals surface area contributed by atoms with Crippen molar-refractivity contribution in [1.82, 2.24) is 0 Å². The number of carbonyl (C=O) groups excluding carboxylic acids is 2. The third-order valence-corrected chi connectivity index (χ3v) is 4.74. The number of aryl methyl sites for hydroxylation is 1. The van der Waals surface area contributed by atoms with E-state index >= 15 is 0 Å². The summed E-state index contributed by atoms with van der Waals surface area (Å²) in [7, 11) is 0. The SMILES string of the molecule is Cc1sc(NC(=O)[C@H](C)Oc2ccc(Cl)cc2)c(C(N)=O)c1C. The zero-order valence-electron chi connectivity index (χ0n) is 13.0. The summed E-state index contributed by atoms with van der Waals surface area (Å²) in [4.78, 5) is 24.8. The number of halogens is 1. The van der Waals surface area contributed by atoms with Gasteiger partial charge in [0.15, 0.2) is 6.10 Å². The average molecular weight is 353 g/mol. The number of benzene rings is 1. The van der Waals surface area contributed by atoms with Crippen LogP contribution in [0.5, 0.6) is 5.75 Å². The molecule has 1 heterocycles. The Bertz CT molecular complexity index is 741. The fourth-order valence-electron chi connectivity index (χ4n) is 2.00. The van der Waals surface area contributed by atoms with Gasteiger partial charge in [-0.25, -0.2) is 0 Å². The molecular weight excluding hydrogens is 336 g/mol. The second-order valence-corrected chi connectivity index (χ2v) is 6.72. The number of thiophene rings is 1. The predicted molar refractivity (Wildman–Crippen MR) is 92.5 cm³/mol. The molecule has 5 nitrogen and oxygen atoms in total. The average Bonchev–Trinajstić information content (AvgIpc) is 2.76. The minimum Gasteiger partial charge on any atom is -0.481 e. The molecular formula is C16H17ClN2O3S. The third kappa shape index (κ3) is 4.03. The molecule has 0 saturated heterocycles. The minimum atomic E-state index is -0.736. The molecule has 0 aliphatic rings. The van der Waals surface area contributed by atoms with E-state index in [1.165, 1.54) is 11.3 Å². The first kappa shape index (κ1) is 17.3. The summed E-state index contributed by atoms with van der Waals surface area (Å²) >= 11 is 7.12. The number of ether oxygens (including phenoxy) is 1. The molecule has 1 atom stereocenters. The highest BCUT2D eigenvalue weighted by atomic mass is 35.5. The Balaban J connectivity index is 2.11. The molecule has 122 valence electrons. The first-order valence-corrected chi connectivity index (χ1v) is 8.12. The van der Waals surface area contributed by atoms with Crippen LogP contribution in [-0.4, -0.2) is 17.9 Å². The van der Waals surface area contributed by atoms with E-state index in [1.807, 2.05) is 6.92 Å². The summed E-state index contributed by atoms with van der Waals surface area (Å²) in [5.41, 5.74) is 6.52. The van der Waals surface area contributed by atoms with E-state index in [-0.39, 0.29) is 5.91 Å². The molecule has 1 aromatic heterocycles. The number of hydrogen-bond acceptors (Lipinski definition) is 4. The van der Waals surface area contributed by atoms with E-state index in [1.54, 1.807) is 38.1 Å². The van der Waals surface area contributed by atoms with Crippen molar-refractivity contribution in [2.24, 2.45) is 5.73 Å². The molecule has 0 radical (unpaired) electrons. The fraction of sp³-hybridized carbons (Fsp3) is 0.250. The zero-order valence-corrected chi connectivity index (χ0v) is 14.5. The smallest absolute Gasteiger partial charge is 0.265 e. The number of primary amides is 1. The van der Waals surface area contributed by atoms with Gasteiger partial charge in [0.25, 0.3) is 11.8 Å². The second-order valence-electron chi connectivity index (χ2n) is 5.05. The van der Waals surface area contributed by atoms with Crippen LogP contribution >= 0.6 is 22.9 Å². The maximum atomic E-state index is 12.3. The van der Waals surface area contributed by atoms with Gasteiger partial charge in [-0.3, -0.25) is 9.59 Å². The van der Waals surface area contributed by atoms with Crippen molar-refractivity contribution >= 4 is 39.8 Å². The first-order chi connectivity index (χ1) is 10.8. The van der Waals surface area contributed by atoms with E-state index in [9.17, 15) is 9.59 Å². The van der Waals surface area contributed by atoms with Crippen LogP contribution < -0.4 is 15.8 Å². The lowest BCUT2D eigenvalue weighted by molar-refractivity contribution is -0.122. The van der Waals surface area contributed by atoms with Crippen LogP contribution in [0.2, 0.25) is 5.02 Å². The highest BCUT2D eigenvalue weighted by molar-refractivity contribution is 7.16. The molecule has 0 bridgehead atoms. The molecule has 3 N–H and O–H groups in total. The van der Waals surface area contributed by atoms with Crippen molar-refractivity contribution in [3.8, 4) is 5.75 Å². The number of amides is 2. The Hall–Kier alpha value is -2.05. The lowest BCUT2D eigenvalue weighted by Crippen LogP contribution is -2.30. The molecule has 1 aromatic carbocycles. The fourth-order valence-corrected chi connectivity index (χ4v) is 3.19. The predicted octanol–water partition coefficient (Wildman–Crippen LogP) is 3.52. The van der Waals surface area contributed by atoms with E-state index in [2.05, 4.69) is 5.32 Å². The molecule has 0 unspecified atom stereocenters. The molecule has 2 aromatic rings. The molecule has 0 spiro atoms. The lowest BCUT2D eigenvalue weighted by atomic mass is 10.1. The van der Waals surface area contributed by atoms with Crippen LogP contribution in [0.3, 0.4) is 0 Å². The standard InChI is InChI=1S/C16H17ClN2O3S/c1-8-10(3)23-16(13(8)14(18)20)19-15(21)9(2)22-12-6-4-11(17)5-7-12/h4-7,9H,1-3H3,(H2,18,20)(H,19,21)/t9-/m0/s1. The molecule has 2 amide bonds. The van der Waals surface area contributed by atoms with Crippen molar-refractivity contribution in [2.45, 2.75) is 26.9 Å². The van der Waals surface area contributed by atoms with E-state index in [4.69, 9.17) is 22.1 Å². The van der Waals surface area contributed by atoms with Gasteiger partial charge in [0.1, 0.15) is 10.8 Å². The van der Waals surface area contributed by atoms with E-state index in [0.29, 0.717) is 21.3 Å². The van der Waals surface area contributed by atoms with Crippen LogP contribution in [0.25, 0.3) is 0 Å². The highest BCUT2D eigenvalue weighted by Gasteiger charge is 2.22. The second kappa shape index (κ2) is 7.02. The number of hydrogen-bond donors (Lipinski definition) is 2. The van der Waals surface area contributed by atoms with Gasteiger partial charge < -0.3 is 15.8 Å². The number of nitrogens with two attached hydrogens (primary N) is 1. The first-order valence-electron chi connectivity index (χ1n) is 6.92. The van der Waals surface area contributed by atoms with Gasteiger partial charge in [-0.15, -0.1) is 11.3 Å². The Morgan fingerprint density at radius 1 is 1.26 bits per heavy atom. The van der Waals surface area contributed by atoms with E-state index < -0.39 is 12.0 Å². The number of carbonyl (C=O) groups is 2. The summed E-state index contributed by atoms with van der Waals surface area (Å²) in [5, 5.41) is 3.75. The molecule has 2 rings (SSSR count). The molecule has 0 aliphatic carbocycles.